The minimum atomic E-state index is -0.803. The van der Waals surface area contributed by atoms with Gasteiger partial charge in [-0.3, -0.25) is 0 Å². The van der Waals surface area contributed by atoms with Crippen LogP contribution in [0.5, 0.6) is 0 Å². The van der Waals surface area contributed by atoms with Gasteiger partial charge in [0.1, 0.15) is 0 Å². The summed E-state index contributed by atoms with van der Waals surface area (Å²) in [5.74, 6) is -1.57. The first-order valence-electron chi connectivity index (χ1n) is 5.85. The maximum atomic E-state index is 13.9. The van der Waals surface area contributed by atoms with Gasteiger partial charge in [-0.05, 0) is 36.5 Å². The van der Waals surface area contributed by atoms with E-state index in [1.165, 1.54) is 6.07 Å². The molecule has 1 heterocycles. The van der Waals surface area contributed by atoms with Crippen molar-refractivity contribution >= 4 is 11.3 Å². The zero-order valence-corrected chi connectivity index (χ0v) is 11.2. The molecule has 1 atom stereocenters. The molecule has 0 radical (unpaired) electrons. The first-order chi connectivity index (χ1) is 8.63. The van der Waals surface area contributed by atoms with Crippen LogP contribution in [-0.2, 0) is 0 Å². The molecule has 0 amide bonds. The van der Waals surface area contributed by atoms with Crippen LogP contribution in [0.3, 0.4) is 0 Å². The molecule has 1 nitrogen and oxygen atoms in total. The minimum absolute atomic E-state index is 0.296. The van der Waals surface area contributed by atoms with E-state index in [4.69, 9.17) is 0 Å². The van der Waals surface area contributed by atoms with Crippen molar-refractivity contribution in [2.24, 2.45) is 0 Å². The molecule has 0 bridgehead atoms. The molecule has 2 aromatic rings. The molecule has 1 aromatic heterocycles. The van der Waals surface area contributed by atoms with Gasteiger partial charge in [-0.15, -0.1) is 11.3 Å². The van der Waals surface area contributed by atoms with Crippen LogP contribution in [0.2, 0.25) is 0 Å². The Morgan fingerprint density at radius 3 is 2.72 bits per heavy atom. The lowest BCUT2D eigenvalue weighted by molar-refractivity contribution is 0.483. The van der Waals surface area contributed by atoms with Crippen molar-refractivity contribution in [3.63, 3.8) is 0 Å². The van der Waals surface area contributed by atoms with Gasteiger partial charge in [0.15, 0.2) is 11.6 Å². The summed E-state index contributed by atoms with van der Waals surface area (Å²) in [6.45, 7) is 4.64. The second kappa shape index (κ2) is 5.59. The molecule has 0 aliphatic heterocycles. The Hall–Kier alpha value is -1.26. The molecule has 0 saturated carbocycles. The highest BCUT2D eigenvalue weighted by Crippen LogP contribution is 2.28. The molecule has 0 spiro atoms. The number of aryl methyl sites for hydroxylation is 1. The summed E-state index contributed by atoms with van der Waals surface area (Å²) < 4.78 is 27.2. The summed E-state index contributed by atoms with van der Waals surface area (Å²) in [6, 6.07) is 6.01. The largest absolute Gasteiger partial charge is 0.306 e. The predicted molar refractivity (Wildman–Crippen MR) is 70.9 cm³/mol. The van der Waals surface area contributed by atoms with Gasteiger partial charge in [-0.25, -0.2) is 8.78 Å². The van der Waals surface area contributed by atoms with Crippen LogP contribution < -0.4 is 5.32 Å². The molecule has 1 N–H and O–H groups in total. The van der Waals surface area contributed by atoms with E-state index in [1.807, 2.05) is 25.3 Å². The standard InChI is InChI=1S/C14H15F2NS/c1-3-17-14(10-7-9(2)18-8-10)11-5-4-6-12(15)13(11)16/h4-8,14,17H,3H2,1-2H3. The zero-order chi connectivity index (χ0) is 13.1. The predicted octanol–water partition coefficient (Wildman–Crippen LogP) is 4.03. The fraction of sp³-hybridized carbons (Fsp3) is 0.286. The zero-order valence-electron chi connectivity index (χ0n) is 10.3. The topological polar surface area (TPSA) is 12.0 Å². The van der Waals surface area contributed by atoms with E-state index < -0.39 is 11.6 Å². The molecule has 0 saturated heterocycles. The summed E-state index contributed by atoms with van der Waals surface area (Å²) in [5.41, 5.74) is 1.33. The number of rotatable bonds is 4. The van der Waals surface area contributed by atoms with Crippen LogP contribution in [0.15, 0.2) is 29.6 Å². The Kier molecular flexibility index (Phi) is 4.09. The Bertz CT molecular complexity index is 536. The van der Waals surface area contributed by atoms with Crippen LogP contribution in [0.4, 0.5) is 8.78 Å². The van der Waals surface area contributed by atoms with Gasteiger partial charge < -0.3 is 5.32 Å². The molecular formula is C14H15F2NS. The Balaban J connectivity index is 2.44. The fourth-order valence-corrected chi connectivity index (χ4v) is 2.70. The van der Waals surface area contributed by atoms with Crippen LogP contribution in [-0.4, -0.2) is 6.54 Å². The van der Waals surface area contributed by atoms with Crippen molar-refractivity contribution in [1.82, 2.24) is 5.32 Å². The summed E-state index contributed by atoms with van der Waals surface area (Å²) in [4.78, 5) is 1.16. The first kappa shape index (κ1) is 13.2. The monoisotopic (exact) mass is 267 g/mol. The van der Waals surface area contributed by atoms with Gasteiger partial charge in [0.05, 0.1) is 6.04 Å². The highest BCUT2D eigenvalue weighted by molar-refractivity contribution is 7.10. The molecular weight excluding hydrogens is 252 g/mol. The molecule has 0 aliphatic carbocycles. The number of nitrogens with one attached hydrogen (secondary N) is 1. The SMILES string of the molecule is CCNC(c1csc(C)c1)c1cccc(F)c1F. The highest BCUT2D eigenvalue weighted by atomic mass is 32.1. The average Bonchev–Trinajstić information content (AvgIpc) is 2.77. The quantitative estimate of drug-likeness (QED) is 0.881. The van der Waals surface area contributed by atoms with Gasteiger partial charge in [0.2, 0.25) is 0 Å². The number of thiophene rings is 1. The van der Waals surface area contributed by atoms with Gasteiger partial charge in [-0.2, -0.15) is 0 Å². The molecule has 1 unspecified atom stereocenters. The summed E-state index contributed by atoms with van der Waals surface area (Å²) in [5, 5.41) is 5.18. The molecule has 96 valence electrons. The first-order valence-corrected chi connectivity index (χ1v) is 6.73. The van der Waals surface area contributed by atoms with E-state index in [0.717, 1.165) is 16.5 Å². The van der Waals surface area contributed by atoms with Gasteiger partial charge >= 0.3 is 0 Å². The van der Waals surface area contributed by atoms with Crippen LogP contribution in [0, 0.1) is 18.6 Å². The van der Waals surface area contributed by atoms with Crippen LogP contribution >= 0.6 is 11.3 Å². The maximum absolute atomic E-state index is 13.9. The molecule has 1 aromatic carbocycles. The van der Waals surface area contributed by atoms with E-state index in [0.29, 0.717) is 12.1 Å². The smallest absolute Gasteiger partial charge is 0.163 e. The summed E-state index contributed by atoms with van der Waals surface area (Å²) in [7, 11) is 0. The molecule has 0 fully saturated rings. The lowest BCUT2D eigenvalue weighted by Gasteiger charge is -2.18. The molecule has 4 heteroatoms. The average molecular weight is 267 g/mol. The fourth-order valence-electron chi connectivity index (χ4n) is 1.97. The van der Waals surface area contributed by atoms with E-state index in [2.05, 4.69) is 5.32 Å². The number of benzene rings is 1. The van der Waals surface area contributed by atoms with Crippen LogP contribution in [0.25, 0.3) is 0 Å². The van der Waals surface area contributed by atoms with E-state index in [-0.39, 0.29) is 6.04 Å². The lowest BCUT2D eigenvalue weighted by atomic mass is 10.00. The Morgan fingerprint density at radius 2 is 2.11 bits per heavy atom. The van der Waals surface area contributed by atoms with Crippen molar-refractivity contribution in [2.45, 2.75) is 19.9 Å². The van der Waals surface area contributed by atoms with E-state index in [1.54, 1.807) is 17.4 Å². The van der Waals surface area contributed by atoms with Crippen molar-refractivity contribution in [2.75, 3.05) is 6.54 Å². The van der Waals surface area contributed by atoms with E-state index in [9.17, 15) is 8.78 Å². The Morgan fingerprint density at radius 1 is 1.33 bits per heavy atom. The number of halogens is 2. The third-order valence-corrected chi connectivity index (χ3v) is 3.66. The third-order valence-electron chi connectivity index (χ3n) is 2.78. The van der Waals surface area contributed by atoms with Crippen molar-refractivity contribution in [3.8, 4) is 0 Å². The van der Waals surface area contributed by atoms with E-state index >= 15 is 0 Å². The lowest BCUT2D eigenvalue weighted by Crippen LogP contribution is -2.22. The normalized spacial score (nSPS) is 12.7. The third kappa shape index (κ3) is 2.60. The van der Waals surface area contributed by atoms with Crippen molar-refractivity contribution in [1.29, 1.82) is 0 Å². The number of hydrogen-bond acceptors (Lipinski definition) is 2. The van der Waals surface area contributed by atoms with Crippen LogP contribution in [0.1, 0.15) is 29.0 Å². The molecule has 0 aliphatic rings. The molecule has 2 rings (SSSR count). The van der Waals surface area contributed by atoms with Crippen molar-refractivity contribution < 1.29 is 8.78 Å². The van der Waals surface area contributed by atoms with Crippen molar-refractivity contribution in [3.05, 3.63) is 57.3 Å². The second-order valence-corrected chi connectivity index (χ2v) is 5.24. The van der Waals surface area contributed by atoms with Gasteiger partial charge in [0.25, 0.3) is 0 Å². The minimum Gasteiger partial charge on any atom is -0.306 e. The van der Waals surface area contributed by atoms with Gasteiger partial charge in [0, 0.05) is 10.4 Å². The maximum Gasteiger partial charge on any atom is 0.163 e. The van der Waals surface area contributed by atoms with Gasteiger partial charge in [-0.1, -0.05) is 19.1 Å². The number of hydrogen-bond donors (Lipinski definition) is 1. The molecule has 18 heavy (non-hydrogen) atoms. The Labute approximate surface area is 109 Å². The second-order valence-electron chi connectivity index (χ2n) is 4.12. The highest BCUT2D eigenvalue weighted by Gasteiger charge is 2.19. The summed E-state index contributed by atoms with van der Waals surface area (Å²) in [6.07, 6.45) is 0. The summed E-state index contributed by atoms with van der Waals surface area (Å²) >= 11 is 1.61.